The fraction of sp³-hybridized carbons (Fsp3) is 0.533. The minimum Gasteiger partial charge on any atom is -0.497 e. The van der Waals surface area contributed by atoms with Crippen molar-refractivity contribution in [2.45, 2.75) is 38.6 Å². The van der Waals surface area contributed by atoms with E-state index in [0.29, 0.717) is 5.78 Å². The van der Waals surface area contributed by atoms with Crippen LogP contribution in [0.1, 0.15) is 32.6 Å². The molecular weight excluding hydrogens is 226 g/mol. The van der Waals surface area contributed by atoms with Crippen LogP contribution in [0.15, 0.2) is 30.3 Å². The Morgan fingerprint density at radius 3 is 2.50 bits per heavy atom. The van der Waals surface area contributed by atoms with Gasteiger partial charge in [-0.2, -0.15) is 0 Å². The van der Waals surface area contributed by atoms with Crippen molar-refractivity contribution in [1.29, 1.82) is 0 Å². The number of benzene rings is 1. The number of rotatable bonds is 3. The summed E-state index contributed by atoms with van der Waals surface area (Å²) in [5.74, 6) is 1.32. The number of methoxy groups -OCH3 is 1. The van der Waals surface area contributed by atoms with Crippen LogP contribution in [0.5, 0.6) is 5.75 Å². The summed E-state index contributed by atoms with van der Waals surface area (Å²) in [6, 6.07) is 9.86. The first-order valence-electron chi connectivity index (χ1n) is 6.63. The molecule has 0 bridgehead atoms. The third-order valence-corrected chi connectivity index (χ3v) is 2.98. The number of hydrogen-bond acceptors (Lipinski definition) is 3. The summed E-state index contributed by atoms with van der Waals surface area (Å²) in [7, 11) is 1.66. The Morgan fingerprint density at radius 2 is 2.00 bits per heavy atom. The maximum Gasteiger partial charge on any atom is 0.149 e. The van der Waals surface area contributed by atoms with E-state index in [1.54, 1.807) is 7.11 Å². The SMILES string of the molecule is CCNC1CCCCC1=O.COc1ccccc1. The Bertz CT molecular complexity index is 336. The molecule has 0 amide bonds. The second-order valence-electron chi connectivity index (χ2n) is 4.34. The highest BCUT2D eigenvalue weighted by Crippen LogP contribution is 2.13. The summed E-state index contributed by atoms with van der Waals surface area (Å²) in [5, 5.41) is 3.18. The van der Waals surface area contributed by atoms with Crippen molar-refractivity contribution in [3.05, 3.63) is 30.3 Å². The number of nitrogens with one attached hydrogen (secondary N) is 1. The molecule has 1 aliphatic carbocycles. The molecule has 2 rings (SSSR count). The fourth-order valence-electron chi connectivity index (χ4n) is 2.00. The van der Waals surface area contributed by atoms with Crippen LogP contribution in [-0.2, 0) is 4.79 Å². The summed E-state index contributed by atoms with van der Waals surface area (Å²) < 4.78 is 4.91. The van der Waals surface area contributed by atoms with Gasteiger partial charge in [0, 0.05) is 6.42 Å². The first-order chi connectivity index (χ1) is 8.77. The lowest BCUT2D eigenvalue weighted by Gasteiger charge is -2.20. The predicted octanol–water partition coefficient (Wildman–Crippen LogP) is 2.80. The topological polar surface area (TPSA) is 38.3 Å². The van der Waals surface area contributed by atoms with Crippen LogP contribution in [0.2, 0.25) is 0 Å². The van der Waals surface area contributed by atoms with E-state index in [4.69, 9.17) is 4.74 Å². The number of carbonyl (C=O) groups is 1. The summed E-state index contributed by atoms with van der Waals surface area (Å²) >= 11 is 0. The first-order valence-corrected chi connectivity index (χ1v) is 6.63. The number of para-hydroxylation sites is 1. The largest absolute Gasteiger partial charge is 0.497 e. The van der Waals surface area contributed by atoms with Crippen molar-refractivity contribution in [2.24, 2.45) is 0 Å². The molecule has 1 N–H and O–H groups in total. The second-order valence-corrected chi connectivity index (χ2v) is 4.34. The van der Waals surface area contributed by atoms with Gasteiger partial charge in [0.25, 0.3) is 0 Å². The summed E-state index contributed by atoms with van der Waals surface area (Å²) in [6.45, 7) is 2.96. The van der Waals surface area contributed by atoms with Gasteiger partial charge in [-0.15, -0.1) is 0 Å². The standard InChI is InChI=1S/C8H15NO.C7H8O/c1-2-9-7-5-3-4-6-8(7)10;1-8-7-5-3-2-4-6-7/h7,9H,2-6H2,1H3;2-6H,1H3. The minimum atomic E-state index is 0.179. The van der Waals surface area contributed by atoms with Gasteiger partial charge in [0.15, 0.2) is 0 Å². The van der Waals surface area contributed by atoms with E-state index in [-0.39, 0.29) is 6.04 Å². The Kier molecular flexibility index (Phi) is 7.11. The molecule has 0 radical (unpaired) electrons. The molecule has 0 aromatic heterocycles. The molecule has 18 heavy (non-hydrogen) atoms. The van der Waals surface area contributed by atoms with Crippen LogP contribution in [0.4, 0.5) is 0 Å². The molecule has 1 aliphatic rings. The average molecular weight is 249 g/mol. The van der Waals surface area contributed by atoms with Crippen LogP contribution >= 0.6 is 0 Å². The van der Waals surface area contributed by atoms with Crippen molar-refractivity contribution in [1.82, 2.24) is 5.32 Å². The van der Waals surface area contributed by atoms with Gasteiger partial charge >= 0.3 is 0 Å². The molecule has 1 saturated carbocycles. The zero-order valence-electron chi connectivity index (χ0n) is 11.3. The number of hydrogen-bond donors (Lipinski definition) is 1. The maximum absolute atomic E-state index is 11.1. The van der Waals surface area contributed by atoms with Crippen molar-refractivity contribution in [3.63, 3.8) is 0 Å². The van der Waals surface area contributed by atoms with Gasteiger partial charge in [-0.05, 0) is 31.5 Å². The van der Waals surface area contributed by atoms with Gasteiger partial charge < -0.3 is 10.1 Å². The lowest BCUT2D eigenvalue weighted by atomic mass is 9.94. The van der Waals surface area contributed by atoms with Gasteiger partial charge in [0.1, 0.15) is 11.5 Å². The van der Waals surface area contributed by atoms with Gasteiger partial charge in [-0.25, -0.2) is 0 Å². The average Bonchev–Trinajstić information content (AvgIpc) is 2.43. The molecule has 1 aromatic carbocycles. The smallest absolute Gasteiger partial charge is 0.149 e. The van der Waals surface area contributed by atoms with Gasteiger partial charge in [-0.1, -0.05) is 31.5 Å². The molecule has 0 spiro atoms. The van der Waals surface area contributed by atoms with E-state index in [0.717, 1.165) is 31.6 Å². The molecule has 1 atom stereocenters. The van der Waals surface area contributed by atoms with Crippen LogP contribution in [-0.4, -0.2) is 25.5 Å². The Balaban J connectivity index is 0.000000184. The molecule has 1 fully saturated rings. The molecule has 0 heterocycles. The van der Waals surface area contributed by atoms with Crippen LogP contribution in [0, 0.1) is 0 Å². The van der Waals surface area contributed by atoms with E-state index in [1.807, 2.05) is 37.3 Å². The zero-order chi connectivity index (χ0) is 13.2. The van der Waals surface area contributed by atoms with Crippen LogP contribution in [0.25, 0.3) is 0 Å². The highest BCUT2D eigenvalue weighted by molar-refractivity contribution is 5.84. The normalized spacial score (nSPS) is 18.8. The van der Waals surface area contributed by atoms with Crippen molar-refractivity contribution in [2.75, 3.05) is 13.7 Å². The highest BCUT2D eigenvalue weighted by Gasteiger charge is 2.20. The monoisotopic (exact) mass is 249 g/mol. The maximum atomic E-state index is 11.1. The quantitative estimate of drug-likeness (QED) is 0.895. The molecule has 3 heteroatoms. The fourth-order valence-corrected chi connectivity index (χ4v) is 2.00. The molecule has 3 nitrogen and oxygen atoms in total. The molecule has 0 aliphatic heterocycles. The van der Waals surface area contributed by atoms with Crippen molar-refractivity contribution in [3.8, 4) is 5.75 Å². The summed E-state index contributed by atoms with van der Waals surface area (Å²) in [4.78, 5) is 11.1. The van der Waals surface area contributed by atoms with Gasteiger partial charge in [0.05, 0.1) is 13.2 Å². The molecular formula is C15H23NO2. The highest BCUT2D eigenvalue weighted by atomic mass is 16.5. The van der Waals surface area contributed by atoms with Gasteiger partial charge in [-0.3, -0.25) is 4.79 Å². The van der Waals surface area contributed by atoms with Crippen LogP contribution in [0.3, 0.4) is 0 Å². The van der Waals surface area contributed by atoms with E-state index in [2.05, 4.69) is 5.32 Å². The number of carbonyl (C=O) groups excluding carboxylic acids is 1. The predicted molar refractivity (Wildman–Crippen MR) is 73.9 cm³/mol. The third kappa shape index (κ3) is 5.32. The number of likely N-dealkylation sites (N-methyl/N-ethyl adjacent to an activating group) is 1. The molecule has 0 saturated heterocycles. The van der Waals surface area contributed by atoms with Gasteiger partial charge in [0.2, 0.25) is 0 Å². The third-order valence-electron chi connectivity index (χ3n) is 2.98. The summed E-state index contributed by atoms with van der Waals surface area (Å²) in [6.07, 6.45) is 4.15. The minimum absolute atomic E-state index is 0.179. The van der Waals surface area contributed by atoms with E-state index in [9.17, 15) is 4.79 Å². The van der Waals surface area contributed by atoms with Crippen molar-refractivity contribution < 1.29 is 9.53 Å². The van der Waals surface area contributed by atoms with E-state index < -0.39 is 0 Å². The lowest BCUT2D eigenvalue weighted by Crippen LogP contribution is -2.38. The molecule has 1 unspecified atom stereocenters. The second kappa shape index (κ2) is 8.70. The first kappa shape index (κ1) is 14.7. The molecule has 1 aromatic rings. The Hall–Kier alpha value is -1.35. The Labute approximate surface area is 110 Å². The van der Waals surface area contributed by atoms with E-state index in [1.165, 1.54) is 6.42 Å². The molecule has 100 valence electrons. The zero-order valence-corrected chi connectivity index (χ0v) is 11.3. The van der Waals surface area contributed by atoms with Crippen LogP contribution < -0.4 is 10.1 Å². The summed E-state index contributed by atoms with van der Waals surface area (Å²) in [5.41, 5.74) is 0. The number of ether oxygens (including phenoxy) is 1. The number of Topliss-reactive ketones (excluding diaryl/α,β-unsaturated/α-hetero) is 1. The Morgan fingerprint density at radius 1 is 1.28 bits per heavy atom. The lowest BCUT2D eigenvalue weighted by molar-refractivity contribution is -0.122. The number of ketones is 1. The van der Waals surface area contributed by atoms with E-state index >= 15 is 0 Å². The van der Waals surface area contributed by atoms with Crippen molar-refractivity contribution >= 4 is 5.78 Å².